The van der Waals surface area contributed by atoms with Crippen LogP contribution in [0.4, 0.5) is 0 Å². The van der Waals surface area contributed by atoms with Gasteiger partial charge in [0, 0.05) is 20.0 Å². The molecule has 5 heteroatoms. The summed E-state index contributed by atoms with van der Waals surface area (Å²) < 4.78 is 5.22. The molecule has 0 aliphatic carbocycles. The molecule has 16 heavy (non-hydrogen) atoms. The highest BCUT2D eigenvalue weighted by Crippen LogP contribution is 2.31. The minimum atomic E-state index is -0.950. The third-order valence-corrected chi connectivity index (χ3v) is 2.87. The number of carbonyl (C=O) groups is 2. The van der Waals surface area contributed by atoms with E-state index in [1.165, 1.54) is 6.92 Å². The van der Waals surface area contributed by atoms with Crippen LogP contribution >= 0.6 is 0 Å². The van der Waals surface area contributed by atoms with Gasteiger partial charge in [0.25, 0.3) is 0 Å². The Labute approximate surface area is 94.7 Å². The van der Waals surface area contributed by atoms with Crippen molar-refractivity contribution in [3.63, 3.8) is 0 Å². The first kappa shape index (κ1) is 12.7. The van der Waals surface area contributed by atoms with Gasteiger partial charge in [-0.3, -0.25) is 9.59 Å². The third kappa shape index (κ3) is 2.61. The molecule has 1 aliphatic rings. The average Bonchev–Trinajstić information content (AvgIpc) is 2.64. The van der Waals surface area contributed by atoms with E-state index in [0.29, 0.717) is 19.6 Å². The van der Waals surface area contributed by atoms with Crippen LogP contribution in [-0.4, -0.2) is 48.2 Å². The van der Waals surface area contributed by atoms with Crippen LogP contribution in [0.15, 0.2) is 12.7 Å². The molecule has 1 atom stereocenters. The molecular formula is C11H17NO4. The number of nitrogens with zero attached hydrogens (tertiary/aromatic N) is 1. The number of carboxylic acid groups (broad SMARTS) is 1. The molecule has 1 N–H and O–H groups in total. The van der Waals surface area contributed by atoms with Crippen molar-refractivity contribution in [3.05, 3.63) is 12.7 Å². The largest absolute Gasteiger partial charge is 0.481 e. The Morgan fingerprint density at radius 1 is 1.62 bits per heavy atom. The van der Waals surface area contributed by atoms with Crippen LogP contribution in [0.5, 0.6) is 0 Å². The molecule has 1 saturated heterocycles. The minimum Gasteiger partial charge on any atom is -0.481 e. The molecule has 0 saturated carbocycles. The summed E-state index contributed by atoms with van der Waals surface area (Å²) >= 11 is 0. The number of rotatable bonds is 5. The molecule has 1 heterocycles. The van der Waals surface area contributed by atoms with Crippen LogP contribution in [0.3, 0.4) is 0 Å². The zero-order valence-corrected chi connectivity index (χ0v) is 9.44. The van der Waals surface area contributed by atoms with Crippen molar-refractivity contribution in [1.82, 2.24) is 4.90 Å². The second-order valence-corrected chi connectivity index (χ2v) is 4.08. The van der Waals surface area contributed by atoms with Gasteiger partial charge in [-0.1, -0.05) is 6.08 Å². The zero-order chi connectivity index (χ0) is 12.2. The van der Waals surface area contributed by atoms with E-state index >= 15 is 0 Å². The fraction of sp³-hybridized carbons (Fsp3) is 0.636. The highest BCUT2D eigenvalue weighted by molar-refractivity contribution is 5.79. The van der Waals surface area contributed by atoms with Crippen LogP contribution < -0.4 is 0 Å². The van der Waals surface area contributed by atoms with E-state index in [1.807, 2.05) is 0 Å². The van der Waals surface area contributed by atoms with E-state index in [-0.39, 0.29) is 19.1 Å². The summed E-state index contributed by atoms with van der Waals surface area (Å²) in [5.41, 5.74) is -0.950. The summed E-state index contributed by atoms with van der Waals surface area (Å²) in [6.07, 6.45) is 2.02. The van der Waals surface area contributed by atoms with E-state index in [2.05, 4.69) is 6.58 Å². The second-order valence-electron chi connectivity index (χ2n) is 4.08. The van der Waals surface area contributed by atoms with E-state index in [4.69, 9.17) is 4.74 Å². The first-order chi connectivity index (χ1) is 7.52. The molecule has 1 unspecified atom stereocenters. The van der Waals surface area contributed by atoms with Crippen molar-refractivity contribution >= 4 is 11.9 Å². The maximum absolute atomic E-state index is 11.2. The lowest BCUT2D eigenvalue weighted by atomic mass is 9.88. The predicted octanol–water partition coefficient (Wildman–Crippen LogP) is 0.512. The van der Waals surface area contributed by atoms with E-state index < -0.39 is 11.4 Å². The highest BCUT2D eigenvalue weighted by atomic mass is 16.5. The molecule has 1 amide bonds. The molecule has 0 radical (unpaired) electrons. The SMILES string of the molecule is C=CCOCC1(C(=O)O)CCN(C(C)=O)C1. The monoisotopic (exact) mass is 227 g/mol. The van der Waals surface area contributed by atoms with Crippen molar-refractivity contribution in [2.24, 2.45) is 5.41 Å². The summed E-state index contributed by atoms with van der Waals surface area (Å²) in [5, 5.41) is 9.22. The summed E-state index contributed by atoms with van der Waals surface area (Å²) in [6.45, 7) is 6.11. The van der Waals surface area contributed by atoms with Crippen LogP contribution in [0.1, 0.15) is 13.3 Å². The van der Waals surface area contributed by atoms with Gasteiger partial charge in [0.05, 0.1) is 13.2 Å². The molecule has 90 valence electrons. The quantitative estimate of drug-likeness (QED) is 0.549. The van der Waals surface area contributed by atoms with Crippen molar-refractivity contribution in [2.75, 3.05) is 26.3 Å². The highest BCUT2D eigenvalue weighted by Gasteiger charge is 2.45. The molecule has 0 bridgehead atoms. The number of hydrogen-bond acceptors (Lipinski definition) is 3. The Balaban J connectivity index is 2.65. The van der Waals surface area contributed by atoms with Crippen LogP contribution in [0, 0.1) is 5.41 Å². The normalized spacial score (nSPS) is 24.4. The fourth-order valence-electron chi connectivity index (χ4n) is 1.83. The second kappa shape index (κ2) is 5.12. The lowest BCUT2D eigenvalue weighted by Crippen LogP contribution is -2.39. The maximum atomic E-state index is 11.2. The summed E-state index contributed by atoms with van der Waals surface area (Å²) in [7, 11) is 0. The first-order valence-corrected chi connectivity index (χ1v) is 5.19. The van der Waals surface area contributed by atoms with Gasteiger partial charge in [0.15, 0.2) is 0 Å². The molecular weight excluding hydrogens is 210 g/mol. The fourth-order valence-corrected chi connectivity index (χ4v) is 1.83. The average molecular weight is 227 g/mol. The van der Waals surface area contributed by atoms with Gasteiger partial charge < -0.3 is 14.7 Å². The van der Waals surface area contributed by atoms with E-state index in [9.17, 15) is 14.7 Å². The predicted molar refractivity (Wildman–Crippen MR) is 58.0 cm³/mol. The molecule has 0 aromatic heterocycles. The number of amides is 1. The third-order valence-electron chi connectivity index (χ3n) is 2.87. The molecule has 0 aromatic rings. The number of carbonyl (C=O) groups excluding carboxylic acids is 1. The Morgan fingerprint density at radius 3 is 2.75 bits per heavy atom. The number of carboxylic acids is 1. The Kier molecular flexibility index (Phi) is 4.06. The van der Waals surface area contributed by atoms with Crippen LogP contribution in [0.2, 0.25) is 0 Å². The number of ether oxygens (including phenoxy) is 1. The topological polar surface area (TPSA) is 66.8 Å². The van der Waals surface area contributed by atoms with Gasteiger partial charge >= 0.3 is 5.97 Å². The summed E-state index contributed by atoms with van der Waals surface area (Å²) in [5.74, 6) is -0.993. The molecule has 1 fully saturated rings. The molecule has 0 aromatic carbocycles. The lowest BCUT2D eigenvalue weighted by Gasteiger charge is -2.23. The molecule has 1 rings (SSSR count). The molecule has 1 aliphatic heterocycles. The summed E-state index contributed by atoms with van der Waals surface area (Å²) in [4.78, 5) is 24.0. The van der Waals surface area contributed by atoms with Gasteiger partial charge in [-0.15, -0.1) is 6.58 Å². The Morgan fingerprint density at radius 2 is 2.31 bits per heavy atom. The molecule has 0 spiro atoms. The lowest BCUT2D eigenvalue weighted by molar-refractivity contribution is -0.152. The van der Waals surface area contributed by atoms with Crippen molar-refractivity contribution < 1.29 is 19.4 Å². The van der Waals surface area contributed by atoms with Gasteiger partial charge in [-0.2, -0.15) is 0 Å². The Bertz CT molecular complexity index is 302. The van der Waals surface area contributed by atoms with Gasteiger partial charge in [0.1, 0.15) is 5.41 Å². The van der Waals surface area contributed by atoms with Crippen LogP contribution in [-0.2, 0) is 14.3 Å². The van der Waals surface area contributed by atoms with Gasteiger partial charge in [-0.05, 0) is 6.42 Å². The zero-order valence-electron chi connectivity index (χ0n) is 9.44. The number of likely N-dealkylation sites (tertiary alicyclic amines) is 1. The first-order valence-electron chi connectivity index (χ1n) is 5.19. The Hall–Kier alpha value is -1.36. The van der Waals surface area contributed by atoms with Gasteiger partial charge in [0.2, 0.25) is 5.91 Å². The van der Waals surface area contributed by atoms with E-state index in [0.717, 1.165) is 0 Å². The number of aliphatic carboxylic acids is 1. The smallest absolute Gasteiger partial charge is 0.313 e. The van der Waals surface area contributed by atoms with Crippen LogP contribution in [0.25, 0.3) is 0 Å². The maximum Gasteiger partial charge on any atom is 0.313 e. The van der Waals surface area contributed by atoms with Crippen molar-refractivity contribution in [2.45, 2.75) is 13.3 Å². The van der Waals surface area contributed by atoms with Gasteiger partial charge in [-0.25, -0.2) is 0 Å². The van der Waals surface area contributed by atoms with Crippen molar-refractivity contribution in [3.8, 4) is 0 Å². The minimum absolute atomic E-state index is 0.0909. The van der Waals surface area contributed by atoms with E-state index in [1.54, 1.807) is 11.0 Å². The van der Waals surface area contributed by atoms with Crippen molar-refractivity contribution in [1.29, 1.82) is 0 Å². The number of hydrogen-bond donors (Lipinski definition) is 1. The summed E-state index contributed by atoms with van der Waals surface area (Å²) in [6, 6.07) is 0. The standard InChI is InChI=1S/C11H17NO4/c1-3-6-16-8-11(10(14)15)4-5-12(7-11)9(2)13/h3H,1,4-8H2,2H3,(H,14,15). The molecule has 5 nitrogen and oxygen atoms in total.